The molecule has 3 aromatic carbocycles. The van der Waals surface area contributed by atoms with Gasteiger partial charge < -0.3 is 24.1 Å². The van der Waals surface area contributed by atoms with Crippen molar-refractivity contribution >= 4 is 10.8 Å². The van der Waals surface area contributed by atoms with Crippen molar-refractivity contribution in [3.63, 3.8) is 0 Å². The summed E-state index contributed by atoms with van der Waals surface area (Å²) in [5, 5.41) is 13.0. The number of nitrogens with zero attached hydrogens (tertiary/aromatic N) is 1. The predicted molar refractivity (Wildman–Crippen MR) is 116 cm³/mol. The van der Waals surface area contributed by atoms with E-state index in [2.05, 4.69) is 4.90 Å². The minimum Gasteiger partial charge on any atom is -0.508 e. The van der Waals surface area contributed by atoms with Crippen molar-refractivity contribution in [2.75, 3.05) is 47.6 Å². The van der Waals surface area contributed by atoms with Crippen LogP contribution in [0.25, 0.3) is 10.8 Å². The molecule has 1 heterocycles. The molecule has 1 aliphatic rings. The van der Waals surface area contributed by atoms with E-state index in [0.29, 0.717) is 24.7 Å². The van der Waals surface area contributed by atoms with Crippen molar-refractivity contribution < 1.29 is 24.1 Å². The lowest BCUT2D eigenvalue weighted by atomic mass is 9.90. The standard InChI is InChI=1S/C24H27NO5/c1-27-17-9-7-16-8-10-20(26)22(19(16)15-17)23(25-11-13-30-14-12-25)18-5-4-6-21(28-2)24(18)29-3/h4-10,15,23,26H,11-14H2,1-3H3. The monoisotopic (exact) mass is 409 g/mol. The van der Waals surface area contributed by atoms with E-state index in [1.165, 1.54) is 0 Å². The van der Waals surface area contributed by atoms with Crippen LogP contribution in [-0.4, -0.2) is 57.6 Å². The normalized spacial score (nSPS) is 15.7. The highest BCUT2D eigenvalue weighted by Gasteiger charge is 2.31. The smallest absolute Gasteiger partial charge is 0.165 e. The van der Waals surface area contributed by atoms with Crippen molar-refractivity contribution in [2.24, 2.45) is 0 Å². The van der Waals surface area contributed by atoms with Crippen LogP contribution in [0.5, 0.6) is 23.0 Å². The first-order valence-corrected chi connectivity index (χ1v) is 10.00. The second-order valence-electron chi connectivity index (χ2n) is 7.22. The molecule has 0 amide bonds. The van der Waals surface area contributed by atoms with Crippen molar-refractivity contribution in [2.45, 2.75) is 6.04 Å². The Morgan fingerprint density at radius 1 is 0.933 bits per heavy atom. The molecule has 1 saturated heterocycles. The Hall–Kier alpha value is -2.96. The molecule has 0 saturated carbocycles. The molecule has 1 aliphatic heterocycles. The molecule has 158 valence electrons. The molecule has 6 heteroatoms. The fraction of sp³-hybridized carbons (Fsp3) is 0.333. The van der Waals surface area contributed by atoms with E-state index in [1.54, 1.807) is 27.4 Å². The minimum atomic E-state index is -0.241. The van der Waals surface area contributed by atoms with Crippen molar-refractivity contribution in [1.82, 2.24) is 4.90 Å². The minimum absolute atomic E-state index is 0.233. The van der Waals surface area contributed by atoms with Crippen LogP contribution in [0, 0.1) is 0 Å². The van der Waals surface area contributed by atoms with Crippen LogP contribution >= 0.6 is 0 Å². The fourth-order valence-electron chi connectivity index (χ4n) is 4.22. The van der Waals surface area contributed by atoms with E-state index in [1.807, 2.05) is 42.5 Å². The quantitative estimate of drug-likeness (QED) is 0.664. The van der Waals surface area contributed by atoms with Gasteiger partial charge in [0.2, 0.25) is 0 Å². The number of rotatable bonds is 6. The van der Waals surface area contributed by atoms with E-state index >= 15 is 0 Å². The van der Waals surface area contributed by atoms with E-state index in [-0.39, 0.29) is 11.8 Å². The molecule has 1 atom stereocenters. The largest absolute Gasteiger partial charge is 0.508 e. The maximum atomic E-state index is 11.1. The summed E-state index contributed by atoms with van der Waals surface area (Å²) in [6, 6.07) is 15.2. The molecule has 0 aliphatic carbocycles. The van der Waals surface area contributed by atoms with Gasteiger partial charge in [-0.1, -0.05) is 24.3 Å². The molecule has 1 fully saturated rings. The lowest BCUT2D eigenvalue weighted by molar-refractivity contribution is 0.0234. The molecule has 0 radical (unpaired) electrons. The Morgan fingerprint density at radius 3 is 2.40 bits per heavy atom. The van der Waals surface area contributed by atoms with Gasteiger partial charge in [-0.15, -0.1) is 0 Å². The molecule has 1 N–H and O–H groups in total. The molecule has 0 spiro atoms. The fourth-order valence-corrected chi connectivity index (χ4v) is 4.22. The number of phenols is 1. The topological polar surface area (TPSA) is 60.4 Å². The molecular formula is C24H27NO5. The van der Waals surface area contributed by atoms with Gasteiger partial charge in [0.05, 0.1) is 40.6 Å². The number of para-hydroxylation sites is 1. The van der Waals surface area contributed by atoms with Crippen LogP contribution in [0.1, 0.15) is 17.2 Å². The Kier molecular flexibility index (Phi) is 5.97. The number of hydrogen-bond acceptors (Lipinski definition) is 6. The van der Waals surface area contributed by atoms with E-state index in [9.17, 15) is 5.11 Å². The first-order chi connectivity index (χ1) is 14.7. The van der Waals surface area contributed by atoms with Crippen molar-refractivity contribution in [3.05, 3.63) is 59.7 Å². The highest BCUT2D eigenvalue weighted by atomic mass is 16.5. The molecular weight excluding hydrogens is 382 g/mol. The van der Waals surface area contributed by atoms with E-state index < -0.39 is 0 Å². The third-order valence-corrected chi connectivity index (χ3v) is 5.66. The Bertz CT molecular complexity index is 1030. The lowest BCUT2D eigenvalue weighted by Gasteiger charge is -2.36. The van der Waals surface area contributed by atoms with Crippen LogP contribution in [0.2, 0.25) is 0 Å². The number of fused-ring (bicyclic) bond motifs is 1. The molecule has 1 unspecified atom stereocenters. The van der Waals surface area contributed by atoms with Crippen LogP contribution in [-0.2, 0) is 4.74 Å². The lowest BCUT2D eigenvalue weighted by Crippen LogP contribution is -2.39. The highest BCUT2D eigenvalue weighted by molar-refractivity contribution is 5.90. The summed E-state index contributed by atoms with van der Waals surface area (Å²) < 4.78 is 22.4. The summed E-state index contributed by atoms with van der Waals surface area (Å²) in [6.07, 6.45) is 0. The number of aromatic hydroxyl groups is 1. The van der Waals surface area contributed by atoms with Crippen LogP contribution in [0.15, 0.2) is 48.5 Å². The average molecular weight is 409 g/mol. The van der Waals surface area contributed by atoms with Gasteiger partial charge in [-0.2, -0.15) is 0 Å². The van der Waals surface area contributed by atoms with Gasteiger partial charge in [-0.3, -0.25) is 4.90 Å². The third kappa shape index (κ3) is 3.64. The summed E-state index contributed by atoms with van der Waals surface area (Å²) in [7, 11) is 4.92. The molecule has 6 nitrogen and oxygen atoms in total. The number of morpholine rings is 1. The number of benzene rings is 3. The van der Waals surface area contributed by atoms with Crippen LogP contribution < -0.4 is 14.2 Å². The highest BCUT2D eigenvalue weighted by Crippen LogP contribution is 2.45. The Morgan fingerprint density at radius 2 is 1.70 bits per heavy atom. The first kappa shape index (κ1) is 20.3. The molecule has 0 bridgehead atoms. The first-order valence-electron chi connectivity index (χ1n) is 10.00. The predicted octanol–water partition coefficient (Wildman–Crippen LogP) is 3.99. The molecule has 30 heavy (non-hydrogen) atoms. The number of methoxy groups -OCH3 is 3. The number of ether oxygens (including phenoxy) is 4. The number of phenolic OH excluding ortho intramolecular Hbond substituents is 1. The number of hydrogen-bond donors (Lipinski definition) is 1. The maximum absolute atomic E-state index is 11.1. The SMILES string of the molecule is COc1ccc2ccc(O)c(C(c3cccc(OC)c3OC)N3CCOCC3)c2c1. The zero-order valence-corrected chi connectivity index (χ0v) is 17.6. The molecule has 4 rings (SSSR count). The second kappa shape index (κ2) is 8.81. The van der Waals surface area contributed by atoms with Crippen molar-refractivity contribution in [1.29, 1.82) is 0 Å². The van der Waals surface area contributed by atoms with Gasteiger partial charge >= 0.3 is 0 Å². The second-order valence-corrected chi connectivity index (χ2v) is 7.22. The van der Waals surface area contributed by atoms with Gasteiger partial charge in [0, 0.05) is 24.2 Å². The maximum Gasteiger partial charge on any atom is 0.165 e. The third-order valence-electron chi connectivity index (χ3n) is 5.66. The van der Waals surface area contributed by atoms with E-state index in [0.717, 1.165) is 40.7 Å². The zero-order chi connectivity index (χ0) is 21.1. The molecule has 0 aromatic heterocycles. The van der Waals surface area contributed by atoms with Crippen molar-refractivity contribution in [3.8, 4) is 23.0 Å². The average Bonchev–Trinajstić information content (AvgIpc) is 2.80. The van der Waals surface area contributed by atoms with Crippen LogP contribution in [0.4, 0.5) is 0 Å². The Balaban J connectivity index is 2.00. The van der Waals surface area contributed by atoms with Gasteiger partial charge in [-0.25, -0.2) is 0 Å². The van der Waals surface area contributed by atoms with E-state index in [4.69, 9.17) is 18.9 Å². The van der Waals surface area contributed by atoms with Gasteiger partial charge in [0.25, 0.3) is 0 Å². The summed E-state index contributed by atoms with van der Waals surface area (Å²) in [5.41, 5.74) is 1.75. The van der Waals surface area contributed by atoms with Crippen LogP contribution in [0.3, 0.4) is 0 Å². The zero-order valence-electron chi connectivity index (χ0n) is 17.6. The summed E-state index contributed by atoms with van der Waals surface area (Å²) in [4.78, 5) is 2.31. The summed E-state index contributed by atoms with van der Waals surface area (Å²) in [6.45, 7) is 2.75. The van der Waals surface area contributed by atoms with Gasteiger partial charge in [-0.05, 0) is 35.0 Å². The Labute approximate surface area is 176 Å². The van der Waals surface area contributed by atoms with Gasteiger partial charge in [0.15, 0.2) is 11.5 Å². The molecule has 3 aromatic rings. The van der Waals surface area contributed by atoms with Gasteiger partial charge in [0.1, 0.15) is 11.5 Å². The summed E-state index contributed by atoms with van der Waals surface area (Å²) >= 11 is 0. The summed E-state index contributed by atoms with van der Waals surface area (Å²) in [5.74, 6) is 2.30.